The topological polar surface area (TPSA) is 24.5 Å². The molecule has 0 aromatic heterocycles. The number of halogens is 1. The normalized spacial score (nSPS) is 14.8. The van der Waals surface area contributed by atoms with Gasteiger partial charge in [-0.3, -0.25) is 0 Å². The highest BCUT2D eigenvalue weighted by molar-refractivity contribution is 6.33. The van der Waals surface area contributed by atoms with E-state index in [9.17, 15) is 0 Å². The number of anilines is 1. The summed E-state index contributed by atoms with van der Waals surface area (Å²) < 4.78 is 5.23. The molecule has 20 heavy (non-hydrogen) atoms. The summed E-state index contributed by atoms with van der Waals surface area (Å²) in [4.78, 5) is 2.33. The molecule has 1 aliphatic carbocycles. The summed E-state index contributed by atoms with van der Waals surface area (Å²) in [6, 6.07) is 7.27. The van der Waals surface area contributed by atoms with Crippen molar-refractivity contribution in [3.05, 3.63) is 28.8 Å². The molecule has 1 saturated carbocycles. The predicted octanol–water partition coefficient (Wildman–Crippen LogP) is 3.45. The van der Waals surface area contributed by atoms with Gasteiger partial charge >= 0.3 is 0 Å². The molecule has 1 aliphatic rings. The Balaban J connectivity index is 2.20. The number of para-hydroxylation sites is 1. The second-order valence-corrected chi connectivity index (χ2v) is 6.09. The molecule has 0 heterocycles. The van der Waals surface area contributed by atoms with Gasteiger partial charge in [0.15, 0.2) is 0 Å². The van der Waals surface area contributed by atoms with Crippen LogP contribution in [0.2, 0.25) is 5.02 Å². The maximum absolute atomic E-state index is 6.47. The van der Waals surface area contributed by atoms with Crippen LogP contribution in [0.25, 0.3) is 0 Å². The second-order valence-electron chi connectivity index (χ2n) is 5.68. The number of methoxy groups -OCH3 is 1. The second kappa shape index (κ2) is 7.30. The molecule has 2 rings (SSSR count). The van der Waals surface area contributed by atoms with Gasteiger partial charge in [0, 0.05) is 32.3 Å². The third kappa shape index (κ3) is 4.11. The Bertz CT molecular complexity index is 432. The van der Waals surface area contributed by atoms with E-state index in [2.05, 4.69) is 30.1 Å². The Morgan fingerprint density at radius 3 is 2.75 bits per heavy atom. The lowest BCUT2D eigenvalue weighted by atomic mass is 10.1. The van der Waals surface area contributed by atoms with Crippen molar-refractivity contribution in [2.75, 3.05) is 25.2 Å². The molecule has 0 spiro atoms. The van der Waals surface area contributed by atoms with Gasteiger partial charge in [-0.05, 0) is 38.3 Å². The summed E-state index contributed by atoms with van der Waals surface area (Å²) in [6.45, 7) is 6.83. The van der Waals surface area contributed by atoms with Crippen LogP contribution >= 0.6 is 11.6 Å². The smallest absolute Gasteiger partial charge is 0.0643 e. The molecule has 1 aromatic carbocycles. The molecule has 3 nitrogen and oxygen atoms in total. The monoisotopic (exact) mass is 296 g/mol. The molecule has 1 fully saturated rings. The van der Waals surface area contributed by atoms with Crippen LogP contribution in [0.1, 0.15) is 32.3 Å². The van der Waals surface area contributed by atoms with Crippen molar-refractivity contribution in [1.29, 1.82) is 0 Å². The Morgan fingerprint density at radius 2 is 2.15 bits per heavy atom. The SMILES string of the molecule is COCCN(c1c(Cl)cccc1CNC1CC1)C(C)C. The fourth-order valence-electron chi connectivity index (χ4n) is 2.38. The average Bonchev–Trinajstić information content (AvgIpc) is 3.22. The van der Waals surface area contributed by atoms with Crippen LogP contribution in [0.4, 0.5) is 5.69 Å². The van der Waals surface area contributed by atoms with Crippen molar-refractivity contribution in [1.82, 2.24) is 5.32 Å². The summed E-state index contributed by atoms with van der Waals surface area (Å²) >= 11 is 6.47. The number of nitrogens with one attached hydrogen (secondary N) is 1. The first-order valence-corrected chi connectivity index (χ1v) is 7.77. The molecule has 1 N–H and O–H groups in total. The van der Waals surface area contributed by atoms with E-state index in [1.54, 1.807) is 7.11 Å². The molecule has 0 saturated heterocycles. The Labute approximate surface area is 127 Å². The fourth-order valence-corrected chi connectivity index (χ4v) is 2.69. The minimum absolute atomic E-state index is 0.393. The molecule has 112 valence electrons. The minimum Gasteiger partial charge on any atom is -0.383 e. The first kappa shape index (κ1) is 15.6. The van der Waals surface area contributed by atoms with Gasteiger partial charge in [0.1, 0.15) is 0 Å². The van der Waals surface area contributed by atoms with Crippen LogP contribution in [0, 0.1) is 0 Å². The number of nitrogens with zero attached hydrogens (tertiary/aromatic N) is 1. The molecule has 1 aromatic rings. The lowest BCUT2D eigenvalue weighted by molar-refractivity contribution is 0.204. The van der Waals surface area contributed by atoms with Gasteiger partial charge in [-0.2, -0.15) is 0 Å². The van der Waals surface area contributed by atoms with Crippen molar-refractivity contribution in [2.45, 2.75) is 45.3 Å². The van der Waals surface area contributed by atoms with Crippen LogP contribution in [0.15, 0.2) is 18.2 Å². The third-order valence-electron chi connectivity index (χ3n) is 3.68. The van der Waals surface area contributed by atoms with E-state index >= 15 is 0 Å². The average molecular weight is 297 g/mol. The molecule has 0 atom stereocenters. The largest absolute Gasteiger partial charge is 0.383 e. The number of benzene rings is 1. The minimum atomic E-state index is 0.393. The van der Waals surface area contributed by atoms with Gasteiger partial charge in [0.05, 0.1) is 17.3 Å². The fraction of sp³-hybridized carbons (Fsp3) is 0.625. The Morgan fingerprint density at radius 1 is 1.40 bits per heavy atom. The highest BCUT2D eigenvalue weighted by Crippen LogP contribution is 2.32. The molecular formula is C16H25ClN2O. The number of rotatable bonds is 8. The molecule has 0 bridgehead atoms. The zero-order valence-electron chi connectivity index (χ0n) is 12.7. The first-order valence-electron chi connectivity index (χ1n) is 7.39. The maximum atomic E-state index is 6.47. The lowest BCUT2D eigenvalue weighted by Gasteiger charge is -2.31. The van der Waals surface area contributed by atoms with Crippen LogP contribution < -0.4 is 10.2 Å². The van der Waals surface area contributed by atoms with Crippen LogP contribution in [0.3, 0.4) is 0 Å². The van der Waals surface area contributed by atoms with Gasteiger partial charge in [-0.25, -0.2) is 0 Å². The van der Waals surface area contributed by atoms with E-state index in [4.69, 9.17) is 16.3 Å². The third-order valence-corrected chi connectivity index (χ3v) is 3.98. The van der Waals surface area contributed by atoms with Gasteiger partial charge < -0.3 is 15.0 Å². The summed E-state index contributed by atoms with van der Waals surface area (Å²) in [7, 11) is 1.74. The summed E-state index contributed by atoms with van der Waals surface area (Å²) in [5.41, 5.74) is 2.42. The molecule has 0 unspecified atom stereocenters. The number of hydrogen-bond acceptors (Lipinski definition) is 3. The van der Waals surface area contributed by atoms with Gasteiger partial charge in [-0.1, -0.05) is 23.7 Å². The van der Waals surface area contributed by atoms with Crippen molar-refractivity contribution in [2.24, 2.45) is 0 Å². The maximum Gasteiger partial charge on any atom is 0.0643 e. The number of hydrogen-bond donors (Lipinski definition) is 1. The zero-order chi connectivity index (χ0) is 14.5. The molecule has 4 heteroatoms. The van der Waals surface area contributed by atoms with Crippen LogP contribution in [-0.4, -0.2) is 32.3 Å². The van der Waals surface area contributed by atoms with Crippen molar-refractivity contribution in [3.8, 4) is 0 Å². The standard InChI is InChI=1S/C16H25ClN2O/c1-12(2)19(9-10-20-3)16-13(5-4-6-15(16)17)11-18-14-7-8-14/h4-6,12,14,18H,7-11H2,1-3H3. The summed E-state index contributed by atoms with van der Waals surface area (Å²) in [5.74, 6) is 0. The molecule has 0 aliphatic heterocycles. The predicted molar refractivity (Wildman–Crippen MR) is 85.7 cm³/mol. The highest BCUT2D eigenvalue weighted by Gasteiger charge is 2.22. The van der Waals surface area contributed by atoms with Gasteiger partial charge in [0.2, 0.25) is 0 Å². The Hall–Kier alpha value is -0.770. The van der Waals surface area contributed by atoms with Crippen molar-refractivity contribution in [3.63, 3.8) is 0 Å². The van der Waals surface area contributed by atoms with E-state index in [0.29, 0.717) is 18.7 Å². The first-order chi connectivity index (χ1) is 9.63. The van der Waals surface area contributed by atoms with E-state index in [1.165, 1.54) is 18.4 Å². The van der Waals surface area contributed by atoms with Crippen molar-refractivity contribution < 1.29 is 4.74 Å². The molecule has 0 radical (unpaired) electrons. The highest BCUT2D eigenvalue weighted by atomic mass is 35.5. The number of ether oxygens (including phenoxy) is 1. The van der Waals surface area contributed by atoms with E-state index in [1.807, 2.05) is 12.1 Å². The van der Waals surface area contributed by atoms with Gasteiger partial charge in [-0.15, -0.1) is 0 Å². The zero-order valence-corrected chi connectivity index (χ0v) is 13.4. The molecular weight excluding hydrogens is 272 g/mol. The summed E-state index contributed by atoms with van der Waals surface area (Å²) in [5, 5.41) is 4.40. The van der Waals surface area contributed by atoms with Crippen molar-refractivity contribution >= 4 is 17.3 Å². The van der Waals surface area contributed by atoms with E-state index < -0.39 is 0 Å². The van der Waals surface area contributed by atoms with Crippen LogP contribution in [0.5, 0.6) is 0 Å². The van der Waals surface area contributed by atoms with Gasteiger partial charge in [0.25, 0.3) is 0 Å². The lowest BCUT2D eigenvalue weighted by Crippen LogP contribution is -2.35. The Kier molecular flexibility index (Phi) is 5.70. The van der Waals surface area contributed by atoms with E-state index in [0.717, 1.165) is 23.8 Å². The van der Waals surface area contributed by atoms with E-state index in [-0.39, 0.29) is 0 Å². The quantitative estimate of drug-likeness (QED) is 0.795. The summed E-state index contributed by atoms with van der Waals surface area (Å²) in [6.07, 6.45) is 2.60. The van der Waals surface area contributed by atoms with Crippen LogP contribution in [-0.2, 0) is 11.3 Å². The molecule has 0 amide bonds.